The fourth-order valence-corrected chi connectivity index (χ4v) is 4.29. The molecule has 0 heterocycles. The lowest BCUT2D eigenvalue weighted by atomic mass is 10.1. The van der Waals surface area contributed by atoms with E-state index in [0.29, 0.717) is 23.2 Å². The molecule has 0 bridgehead atoms. The van der Waals surface area contributed by atoms with E-state index in [2.05, 4.69) is 6.07 Å². The van der Waals surface area contributed by atoms with Crippen LogP contribution in [0.25, 0.3) is 0 Å². The second-order valence-corrected chi connectivity index (χ2v) is 8.73. The molecule has 3 rings (SSSR count). The van der Waals surface area contributed by atoms with Gasteiger partial charge in [0.05, 0.1) is 22.3 Å². The maximum Gasteiger partial charge on any atom is 0.253 e. The molecule has 5 nitrogen and oxygen atoms in total. The van der Waals surface area contributed by atoms with Gasteiger partial charge in [-0.05, 0) is 47.5 Å². The van der Waals surface area contributed by atoms with Crippen LogP contribution >= 0.6 is 0 Å². The Morgan fingerprint density at radius 3 is 2.07 bits per heavy atom. The smallest absolute Gasteiger partial charge is 0.253 e. The molecule has 0 aliphatic heterocycles. The van der Waals surface area contributed by atoms with E-state index in [1.54, 1.807) is 78.7 Å². The van der Waals surface area contributed by atoms with Gasteiger partial charge in [-0.2, -0.15) is 5.26 Å². The van der Waals surface area contributed by atoms with Gasteiger partial charge in [0.2, 0.25) is 0 Å². The van der Waals surface area contributed by atoms with Gasteiger partial charge in [0.15, 0.2) is 9.84 Å². The topological polar surface area (TPSA) is 78.2 Å². The lowest BCUT2D eigenvalue weighted by Crippen LogP contribution is -2.26. The summed E-state index contributed by atoms with van der Waals surface area (Å²) in [4.78, 5) is 14.5. The second kappa shape index (κ2) is 8.72. The van der Waals surface area contributed by atoms with Crippen molar-refractivity contribution in [3.63, 3.8) is 0 Å². The summed E-state index contributed by atoms with van der Waals surface area (Å²) in [6.07, 6.45) is 0. The van der Waals surface area contributed by atoms with Gasteiger partial charge in [0, 0.05) is 19.2 Å². The molecule has 3 aromatic carbocycles. The minimum Gasteiger partial charge on any atom is -0.337 e. The Labute approximate surface area is 170 Å². The molecule has 0 saturated carbocycles. The summed E-state index contributed by atoms with van der Waals surface area (Å²) in [5.74, 6) is -0.279. The standard InChI is InChI=1S/C23H20N2O3S/c1-25(16-19-9-7-18(15-24)8-10-19)23(26)21-13-11-20(12-14-21)17-29(27,28)22-5-3-2-4-6-22/h2-14H,16-17H2,1H3. The normalized spacial score (nSPS) is 10.9. The summed E-state index contributed by atoms with van der Waals surface area (Å²) < 4.78 is 25.0. The third-order valence-corrected chi connectivity index (χ3v) is 6.21. The molecular weight excluding hydrogens is 384 g/mol. The zero-order valence-electron chi connectivity index (χ0n) is 15.9. The van der Waals surface area contributed by atoms with Crippen LogP contribution in [0.5, 0.6) is 0 Å². The van der Waals surface area contributed by atoms with E-state index in [1.807, 2.05) is 12.1 Å². The van der Waals surface area contributed by atoms with Gasteiger partial charge in [-0.15, -0.1) is 0 Å². The van der Waals surface area contributed by atoms with Crippen molar-refractivity contribution in [2.75, 3.05) is 7.05 Å². The van der Waals surface area contributed by atoms with Crippen LogP contribution in [0.1, 0.15) is 27.0 Å². The van der Waals surface area contributed by atoms with Crippen LogP contribution in [-0.2, 0) is 22.1 Å². The molecule has 0 N–H and O–H groups in total. The van der Waals surface area contributed by atoms with Crippen LogP contribution in [-0.4, -0.2) is 26.3 Å². The molecule has 0 atom stereocenters. The molecular formula is C23H20N2O3S. The zero-order valence-corrected chi connectivity index (χ0v) is 16.8. The van der Waals surface area contributed by atoms with Gasteiger partial charge in [0.25, 0.3) is 5.91 Å². The Morgan fingerprint density at radius 1 is 0.897 bits per heavy atom. The van der Waals surface area contributed by atoms with Gasteiger partial charge < -0.3 is 4.90 Å². The van der Waals surface area contributed by atoms with E-state index in [1.165, 1.54) is 0 Å². The Kier molecular flexibility index (Phi) is 6.10. The van der Waals surface area contributed by atoms with Crippen LogP contribution in [0.4, 0.5) is 0 Å². The van der Waals surface area contributed by atoms with Crippen molar-refractivity contribution in [3.8, 4) is 6.07 Å². The number of sulfone groups is 1. The molecule has 0 unspecified atom stereocenters. The van der Waals surface area contributed by atoms with Gasteiger partial charge in [-0.25, -0.2) is 8.42 Å². The van der Waals surface area contributed by atoms with E-state index in [9.17, 15) is 13.2 Å². The number of carbonyl (C=O) groups is 1. The highest BCUT2D eigenvalue weighted by molar-refractivity contribution is 7.90. The number of hydrogen-bond acceptors (Lipinski definition) is 4. The highest BCUT2D eigenvalue weighted by Crippen LogP contribution is 2.17. The number of amides is 1. The average molecular weight is 404 g/mol. The van der Waals surface area contributed by atoms with Crippen molar-refractivity contribution in [2.24, 2.45) is 0 Å². The molecule has 146 valence electrons. The maximum atomic E-state index is 12.6. The van der Waals surface area contributed by atoms with Gasteiger partial charge in [0.1, 0.15) is 0 Å². The molecule has 0 aromatic heterocycles. The van der Waals surface area contributed by atoms with Crippen LogP contribution in [0.2, 0.25) is 0 Å². The van der Waals surface area contributed by atoms with Crippen molar-refractivity contribution in [2.45, 2.75) is 17.2 Å². The summed E-state index contributed by atoms with van der Waals surface area (Å²) in [6, 6.07) is 24.1. The summed E-state index contributed by atoms with van der Waals surface area (Å²) in [7, 11) is -1.72. The van der Waals surface area contributed by atoms with E-state index < -0.39 is 9.84 Å². The first-order chi connectivity index (χ1) is 13.9. The number of benzene rings is 3. The monoisotopic (exact) mass is 404 g/mol. The molecule has 0 saturated heterocycles. The van der Waals surface area contributed by atoms with Crippen molar-refractivity contribution in [3.05, 3.63) is 101 Å². The third-order valence-electron chi connectivity index (χ3n) is 4.51. The molecule has 0 spiro atoms. The molecule has 0 aliphatic carbocycles. The number of nitrogens with zero attached hydrogens (tertiary/aromatic N) is 2. The molecule has 3 aromatic rings. The molecule has 1 amide bonds. The Balaban J connectivity index is 1.67. The van der Waals surface area contributed by atoms with Crippen LogP contribution in [0, 0.1) is 11.3 Å². The summed E-state index contributed by atoms with van der Waals surface area (Å²) in [5.41, 5.74) is 2.61. The minimum absolute atomic E-state index is 0.118. The summed E-state index contributed by atoms with van der Waals surface area (Å²) >= 11 is 0. The lowest BCUT2D eigenvalue weighted by Gasteiger charge is -2.17. The van der Waals surface area contributed by atoms with E-state index in [0.717, 1.165) is 5.56 Å². The quantitative estimate of drug-likeness (QED) is 0.626. The number of hydrogen-bond donors (Lipinski definition) is 0. The Bertz CT molecular complexity index is 1130. The predicted octanol–water partition coefficient (Wildman–Crippen LogP) is 3.80. The predicted molar refractivity (Wildman–Crippen MR) is 111 cm³/mol. The van der Waals surface area contributed by atoms with Crippen molar-refractivity contribution >= 4 is 15.7 Å². The Morgan fingerprint density at radius 2 is 1.48 bits per heavy atom. The molecule has 0 aliphatic rings. The fourth-order valence-electron chi connectivity index (χ4n) is 2.92. The minimum atomic E-state index is -3.43. The van der Waals surface area contributed by atoms with Gasteiger partial charge in [-0.3, -0.25) is 4.79 Å². The zero-order chi connectivity index (χ0) is 20.9. The van der Waals surface area contributed by atoms with Crippen LogP contribution in [0.15, 0.2) is 83.8 Å². The summed E-state index contributed by atoms with van der Waals surface area (Å²) in [6.45, 7) is 0.411. The van der Waals surface area contributed by atoms with Crippen molar-refractivity contribution in [1.29, 1.82) is 5.26 Å². The first-order valence-electron chi connectivity index (χ1n) is 9.00. The van der Waals surface area contributed by atoms with Crippen molar-refractivity contribution in [1.82, 2.24) is 4.90 Å². The Hall–Kier alpha value is -3.43. The highest BCUT2D eigenvalue weighted by atomic mass is 32.2. The summed E-state index contributed by atoms with van der Waals surface area (Å²) in [5, 5.41) is 8.85. The van der Waals surface area contributed by atoms with Crippen molar-refractivity contribution < 1.29 is 13.2 Å². The molecule has 0 radical (unpaired) electrons. The van der Waals surface area contributed by atoms with Gasteiger partial charge >= 0.3 is 0 Å². The van der Waals surface area contributed by atoms with Crippen LogP contribution in [0.3, 0.4) is 0 Å². The first-order valence-corrected chi connectivity index (χ1v) is 10.7. The SMILES string of the molecule is CN(Cc1ccc(C#N)cc1)C(=O)c1ccc(CS(=O)(=O)c2ccccc2)cc1. The van der Waals surface area contributed by atoms with Gasteiger partial charge in [-0.1, -0.05) is 42.5 Å². The van der Waals surface area contributed by atoms with E-state index in [-0.39, 0.29) is 16.6 Å². The highest BCUT2D eigenvalue weighted by Gasteiger charge is 2.16. The lowest BCUT2D eigenvalue weighted by molar-refractivity contribution is 0.0785. The number of rotatable bonds is 6. The molecule has 29 heavy (non-hydrogen) atoms. The van der Waals surface area contributed by atoms with Crippen LogP contribution < -0.4 is 0 Å². The second-order valence-electron chi connectivity index (χ2n) is 6.74. The fraction of sp³-hybridized carbons (Fsp3) is 0.130. The van der Waals surface area contributed by atoms with E-state index in [4.69, 9.17) is 5.26 Å². The first kappa shape index (κ1) is 20.3. The molecule has 0 fully saturated rings. The average Bonchev–Trinajstić information content (AvgIpc) is 2.74. The number of carbonyl (C=O) groups excluding carboxylic acids is 1. The third kappa shape index (κ3) is 5.09. The van der Waals surface area contributed by atoms with E-state index >= 15 is 0 Å². The molecule has 6 heteroatoms. The number of nitriles is 1. The maximum absolute atomic E-state index is 12.6. The largest absolute Gasteiger partial charge is 0.337 e.